The van der Waals surface area contributed by atoms with E-state index in [1.807, 2.05) is 0 Å². The molecule has 1 aromatic rings. The summed E-state index contributed by atoms with van der Waals surface area (Å²) in [5.74, 6) is 0.611. The van der Waals surface area contributed by atoms with Gasteiger partial charge in [-0.1, -0.05) is 0 Å². The molecule has 1 rings (SSSR count). The monoisotopic (exact) mass is 263 g/mol. The molecular formula is C12H16F3NO2. The highest BCUT2D eigenvalue weighted by molar-refractivity contribution is 5.47. The van der Waals surface area contributed by atoms with Crippen LogP contribution < -0.4 is 10.5 Å². The van der Waals surface area contributed by atoms with Crippen molar-refractivity contribution in [1.29, 1.82) is 0 Å². The van der Waals surface area contributed by atoms with Gasteiger partial charge in [0.25, 0.3) is 0 Å². The first-order chi connectivity index (χ1) is 8.42. The maximum atomic E-state index is 11.9. The van der Waals surface area contributed by atoms with Crippen LogP contribution in [-0.4, -0.2) is 19.9 Å². The minimum atomic E-state index is -4.13. The number of halogens is 3. The molecule has 0 aliphatic rings. The van der Waals surface area contributed by atoms with E-state index in [1.165, 1.54) is 7.11 Å². The molecule has 0 radical (unpaired) electrons. The van der Waals surface area contributed by atoms with E-state index < -0.39 is 12.6 Å². The number of nitrogens with two attached hydrogens (primary N) is 1. The topological polar surface area (TPSA) is 44.5 Å². The number of alkyl halides is 3. The summed E-state index contributed by atoms with van der Waals surface area (Å²) in [5.41, 5.74) is 6.90. The first kappa shape index (κ1) is 14.6. The molecule has 1 aromatic carbocycles. The van der Waals surface area contributed by atoms with Gasteiger partial charge in [0.2, 0.25) is 0 Å². The van der Waals surface area contributed by atoms with Crippen LogP contribution in [0.25, 0.3) is 0 Å². The van der Waals surface area contributed by atoms with E-state index in [1.54, 1.807) is 18.2 Å². The molecule has 0 aromatic heterocycles. The fourth-order valence-electron chi connectivity index (χ4n) is 1.47. The van der Waals surface area contributed by atoms with Gasteiger partial charge in [0.05, 0.1) is 13.7 Å². The molecule has 2 N–H and O–H groups in total. The summed E-state index contributed by atoms with van der Waals surface area (Å²) in [6, 6.07) is 5.07. The number of hydrogen-bond donors (Lipinski definition) is 1. The van der Waals surface area contributed by atoms with Gasteiger partial charge in [0.1, 0.15) is 5.75 Å². The predicted molar refractivity (Wildman–Crippen MR) is 62.4 cm³/mol. The van der Waals surface area contributed by atoms with E-state index in [-0.39, 0.29) is 19.6 Å². The largest absolute Gasteiger partial charge is 0.496 e. The Hall–Kier alpha value is -1.43. The second-order valence-corrected chi connectivity index (χ2v) is 3.84. The van der Waals surface area contributed by atoms with Crippen LogP contribution in [0.15, 0.2) is 18.2 Å². The Morgan fingerprint density at radius 3 is 2.61 bits per heavy atom. The van der Waals surface area contributed by atoms with Gasteiger partial charge in [0, 0.05) is 24.3 Å². The average molecular weight is 263 g/mol. The molecule has 0 saturated carbocycles. The number of methoxy groups -OCH3 is 1. The Labute approximate surface area is 104 Å². The Morgan fingerprint density at radius 1 is 1.28 bits per heavy atom. The van der Waals surface area contributed by atoms with Gasteiger partial charge < -0.3 is 15.2 Å². The molecule has 0 atom stereocenters. The molecule has 0 aliphatic heterocycles. The third-order valence-electron chi connectivity index (χ3n) is 2.31. The van der Waals surface area contributed by atoms with Gasteiger partial charge in [-0.05, 0) is 24.6 Å². The second-order valence-electron chi connectivity index (χ2n) is 3.84. The van der Waals surface area contributed by atoms with Crippen LogP contribution in [0, 0.1) is 0 Å². The highest BCUT2D eigenvalue weighted by Gasteiger charge is 2.25. The maximum Gasteiger partial charge on any atom is 0.389 e. The van der Waals surface area contributed by atoms with Crippen molar-refractivity contribution in [3.8, 4) is 5.75 Å². The van der Waals surface area contributed by atoms with Crippen molar-refractivity contribution < 1.29 is 22.6 Å². The lowest BCUT2D eigenvalue weighted by Crippen LogP contribution is -2.09. The van der Waals surface area contributed by atoms with Crippen LogP contribution in [0.1, 0.15) is 18.4 Å². The van der Waals surface area contributed by atoms with E-state index in [2.05, 4.69) is 0 Å². The third-order valence-corrected chi connectivity index (χ3v) is 2.31. The summed E-state index contributed by atoms with van der Waals surface area (Å²) >= 11 is 0. The Bertz CT molecular complexity index is 380. The number of nitrogen functional groups attached to an aromatic ring is 1. The summed E-state index contributed by atoms with van der Waals surface area (Å²) in [4.78, 5) is 0. The minimum Gasteiger partial charge on any atom is -0.496 e. The first-order valence-corrected chi connectivity index (χ1v) is 5.49. The SMILES string of the molecule is COc1ccc(N)cc1COCCCC(F)(F)F. The lowest BCUT2D eigenvalue weighted by Gasteiger charge is -2.10. The molecule has 0 unspecified atom stereocenters. The normalized spacial score (nSPS) is 11.6. The van der Waals surface area contributed by atoms with E-state index >= 15 is 0 Å². The van der Waals surface area contributed by atoms with E-state index in [9.17, 15) is 13.2 Å². The summed E-state index contributed by atoms with van der Waals surface area (Å²) in [5, 5.41) is 0. The first-order valence-electron chi connectivity index (χ1n) is 5.49. The zero-order valence-electron chi connectivity index (χ0n) is 10.1. The van der Waals surface area contributed by atoms with E-state index in [4.69, 9.17) is 15.2 Å². The van der Waals surface area contributed by atoms with Crippen molar-refractivity contribution in [2.45, 2.75) is 25.6 Å². The van der Waals surface area contributed by atoms with Crippen LogP contribution in [0.5, 0.6) is 5.75 Å². The van der Waals surface area contributed by atoms with Gasteiger partial charge in [-0.3, -0.25) is 0 Å². The number of hydrogen-bond acceptors (Lipinski definition) is 3. The molecule has 0 fully saturated rings. The summed E-state index contributed by atoms with van der Waals surface area (Å²) in [6.07, 6.45) is -5.01. The molecule has 0 amide bonds. The lowest BCUT2D eigenvalue weighted by atomic mass is 10.2. The van der Waals surface area contributed by atoms with Crippen LogP contribution >= 0.6 is 0 Å². The molecular weight excluding hydrogens is 247 g/mol. The minimum absolute atomic E-state index is 0.0475. The van der Waals surface area contributed by atoms with Crippen molar-refractivity contribution in [2.75, 3.05) is 19.5 Å². The fraction of sp³-hybridized carbons (Fsp3) is 0.500. The Balaban J connectivity index is 2.37. The molecule has 18 heavy (non-hydrogen) atoms. The van der Waals surface area contributed by atoms with Gasteiger partial charge in [0.15, 0.2) is 0 Å². The quantitative estimate of drug-likeness (QED) is 0.633. The van der Waals surface area contributed by atoms with Crippen molar-refractivity contribution in [3.05, 3.63) is 23.8 Å². The average Bonchev–Trinajstić information content (AvgIpc) is 2.27. The van der Waals surface area contributed by atoms with Crippen LogP contribution in [0.3, 0.4) is 0 Å². The van der Waals surface area contributed by atoms with Crippen molar-refractivity contribution in [2.24, 2.45) is 0 Å². The summed E-state index contributed by atoms with van der Waals surface area (Å²) < 4.78 is 45.9. The van der Waals surface area contributed by atoms with Crippen LogP contribution in [-0.2, 0) is 11.3 Å². The lowest BCUT2D eigenvalue weighted by molar-refractivity contribution is -0.138. The van der Waals surface area contributed by atoms with Crippen LogP contribution in [0.4, 0.5) is 18.9 Å². The van der Waals surface area contributed by atoms with E-state index in [0.717, 1.165) is 5.56 Å². The highest BCUT2D eigenvalue weighted by atomic mass is 19.4. The molecule has 0 bridgehead atoms. The zero-order chi connectivity index (χ0) is 13.6. The van der Waals surface area contributed by atoms with Gasteiger partial charge >= 0.3 is 6.18 Å². The number of benzene rings is 1. The van der Waals surface area contributed by atoms with Gasteiger partial charge in [-0.25, -0.2) is 0 Å². The van der Waals surface area contributed by atoms with E-state index in [0.29, 0.717) is 11.4 Å². The van der Waals surface area contributed by atoms with Crippen molar-refractivity contribution in [3.63, 3.8) is 0 Å². The smallest absolute Gasteiger partial charge is 0.389 e. The summed E-state index contributed by atoms with van der Waals surface area (Å²) in [7, 11) is 1.51. The summed E-state index contributed by atoms with van der Waals surface area (Å²) in [6.45, 7) is 0.240. The molecule has 0 saturated heterocycles. The molecule has 6 heteroatoms. The third kappa shape index (κ3) is 5.27. The van der Waals surface area contributed by atoms with Gasteiger partial charge in [-0.2, -0.15) is 13.2 Å². The molecule has 3 nitrogen and oxygen atoms in total. The standard InChI is InChI=1S/C12H16F3NO2/c1-17-11-4-3-10(16)7-9(11)8-18-6-2-5-12(13,14)15/h3-4,7H,2,5-6,8,16H2,1H3. The molecule has 0 aliphatic carbocycles. The number of rotatable bonds is 6. The van der Waals surface area contributed by atoms with Gasteiger partial charge in [-0.15, -0.1) is 0 Å². The predicted octanol–water partition coefficient (Wildman–Crippen LogP) is 3.14. The molecule has 0 spiro atoms. The number of anilines is 1. The van der Waals surface area contributed by atoms with Crippen molar-refractivity contribution >= 4 is 5.69 Å². The zero-order valence-corrected chi connectivity index (χ0v) is 10.1. The van der Waals surface area contributed by atoms with Crippen LogP contribution in [0.2, 0.25) is 0 Å². The maximum absolute atomic E-state index is 11.9. The number of ether oxygens (including phenoxy) is 2. The Kier molecular flexibility index (Phi) is 5.27. The molecule has 0 heterocycles. The second kappa shape index (κ2) is 6.49. The highest BCUT2D eigenvalue weighted by Crippen LogP contribution is 2.23. The molecule has 102 valence electrons. The fourth-order valence-corrected chi connectivity index (χ4v) is 1.47. The Morgan fingerprint density at radius 2 is 2.00 bits per heavy atom. The van der Waals surface area contributed by atoms with Crippen molar-refractivity contribution in [1.82, 2.24) is 0 Å².